The molecule has 1 aliphatic heterocycles. The van der Waals surface area contributed by atoms with Crippen LogP contribution in [0.4, 0.5) is 0 Å². The van der Waals surface area contributed by atoms with Crippen LogP contribution in [-0.4, -0.2) is 27.4 Å². The van der Waals surface area contributed by atoms with Gasteiger partial charge in [-0.15, -0.1) is 11.3 Å². The highest BCUT2D eigenvalue weighted by Crippen LogP contribution is 2.32. The molecule has 8 nitrogen and oxygen atoms in total. The van der Waals surface area contributed by atoms with E-state index in [0.29, 0.717) is 21.7 Å². The molecule has 29 heavy (non-hydrogen) atoms. The highest BCUT2D eigenvalue weighted by atomic mass is 32.1. The van der Waals surface area contributed by atoms with Crippen LogP contribution in [0.2, 0.25) is 0 Å². The van der Waals surface area contributed by atoms with Crippen LogP contribution in [0.1, 0.15) is 26.3 Å². The van der Waals surface area contributed by atoms with Gasteiger partial charge in [-0.1, -0.05) is 6.07 Å². The molecule has 0 spiro atoms. The highest BCUT2D eigenvalue weighted by molar-refractivity contribution is 7.17. The van der Waals surface area contributed by atoms with E-state index in [4.69, 9.17) is 9.47 Å². The van der Waals surface area contributed by atoms with Gasteiger partial charge < -0.3 is 14.8 Å². The predicted molar refractivity (Wildman–Crippen MR) is 110 cm³/mol. The van der Waals surface area contributed by atoms with E-state index in [1.165, 1.54) is 15.9 Å². The first-order valence-electron chi connectivity index (χ1n) is 9.13. The summed E-state index contributed by atoms with van der Waals surface area (Å²) < 4.78 is 13.6. The third-order valence-corrected chi connectivity index (χ3v) is 5.32. The molecule has 0 fully saturated rings. The normalized spacial score (nSPS) is 13.1. The van der Waals surface area contributed by atoms with E-state index in [1.54, 1.807) is 29.6 Å². The second-order valence-corrected chi connectivity index (χ2v) is 8.80. The zero-order valence-electron chi connectivity index (χ0n) is 16.4. The molecule has 3 heterocycles. The molecule has 1 aromatic carbocycles. The van der Waals surface area contributed by atoms with Gasteiger partial charge in [-0.05, 0) is 49.9 Å². The number of nitrogens with zero attached hydrogens (tertiary/aromatic N) is 2. The third kappa shape index (κ3) is 3.77. The first-order valence-corrected chi connectivity index (χ1v) is 10.0. The molecule has 0 unspecified atom stereocenters. The Balaban J connectivity index is 1.75. The van der Waals surface area contributed by atoms with Gasteiger partial charge in [0, 0.05) is 5.54 Å². The maximum absolute atomic E-state index is 13.1. The van der Waals surface area contributed by atoms with Gasteiger partial charge in [0.2, 0.25) is 12.7 Å². The maximum atomic E-state index is 13.1. The van der Waals surface area contributed by atoms with Gasteiger partial charge in [0.15, 0.2) is 11.5 Å². The number of thiophene rings is 1. The largest absolute Gasteiger partial charge is 0.454 e. The first kappa shape index (κ1) is 19.3. The lowest BCUT2D eigenvalue weighted by molar-refractivity contribution is -0.123. The van der Waals surface area contributed by atoms with Crippen molar-refractivity contribution in [3.63, 3.8) is 0 Å². The van der Waals surface area contributed by atoms with Crippen LogP contribution in [0.15, 0.2) is 39.2 Å². The summed E-state index contributed by atoms with van der Waals surface area (Å²) in [5.74, 6) is 0.920. The van der Waals surface area contributed by atoms with Crippen molar-refractivity contribution in [3.8, 4) is 11.5 Å². The Morgan fingerprint density at radius 1 is 1.14 bits per heavy atom. The molecule has 0 atom stereocenters. The average molecular weight is 415 g/mol. The van der Waals surface area contributed by atoms with Crippen LogP contribution in [0.25, 0.3) is 10.2 Å². The summed E-state index contributed by atoms with van der Waals surface area (Å²) in [5.41, 5.74) is -0.117. The predicted octanol–water partition coefficient (Wildman–Crippen LogP) is 1.92. The van der Waals surface area contributed by atoms with E-state index in [9.17, 15) is 14.4 Å². The van der Waals surface area contributed by atoms with E-state index in [-0.39, 0.29) is 31.3 Å². The number of carbonyl (C=O) groups excluding carboxylic acids is 1. The quantitative estimate of drug-likeness (QED) is 0.703. The minimum atomic E-state index is -0.525. The second-order valence-electron chi connectivity index (χ2n) is 7.88. The van der Waals surface area contributed by atoms with E-state index in [0.717, 1.165) is 10.1 Å². The van der Waals surface area contributed by atoms with Gasteiger partial charge in [-0.25, -0.2) is 4.79 Å². The lowest BCUT2D eigenvalue weighted by Crippen LogP contribution is -2.46. The molecule has 1 aliphatic rings. The Morgan fingerprint density at radius 2 is 1.90 bits per heavy atom. The van der Waals surface area contributed by atoms with Gasteiger partial charge in [0.1, 0.15) is 11.2 Å². The van der Waals surface area contributed by atoms with Crippen LogP contribution in [0.3, 0.4) is 0 Å². The first-order chi connectivity index (χ1) is 13.7. The Morgan fingerprint density at radius 3 is 2.66 bits per heavy atom. The summed E-state index contributed by atoms with van der Waals surface area (Å²) in [7, 11) is 0. The molecular weight excluding hydrogens is 394 g/mol. The van der Waals surface area contributed by atoms with Crippen LogP contribution >= 0.6 is 11.3 Å². The number of rotatable bonds is 4. The number of aromatic nitrogens is 2. The molecule has 0 saturated carbocycles. The zero-order valence-corrected chi connectivity index (χ0v) is 17.2. The molecule has 0 radical (unpaired) electrons. The second kappa shape index (κ2) is 7.07. The summed E-state index contributed by atoms with van der Waals surface area (Å²) in [6.07, 6.45) is 0. The summed E-state index contributed by atoms with van der Waals surface area (Å²) in [6.45, 7) is 5.67. The summed E-state index contributed by atoms with van der Waals surface area (Å²) >= 11 is 1.25. The molecule has 0 bridgehead atoms. The molecule has 2 aromatic heterocycles. The number of amides is 1. The van der Waals surface area contributed by atoms with Gasteiger partial charge in [-0.2, -0.15) is 0 Å². The van der Waals surface area contributed by atoms with E-state index in [2.05, 4.69) is 5.32 Å². The fourth-order valence-electron chi connectivity index (χ4n) is 3.25. The van der Waals surface area contributed by atoms with Crippen LogP contribution in [0.5, 0.6) is 11.5 Å². The molecule has 1 amide bonds. The standard InChI is InChI=1S/C20H21N3O5S/c1-20(2,3)21-16(24)10-22-13-6-7-29-17(13)18(25)23(19(22)26)9-12-4-5-14-15(8-12)28-11-27-14/h4-8H,9-11H2,1-3H3,(H,21,24). The van der Waals surface area contributed by atoms with Gasteiger partial charge in [0.25, 0.3) is 5.56 Å². The van der Waals surface area contributed by atoms with E-state index < -0.39 is 11.2 Å². The number of fused-ring (bicyclic) bond motifs is 2. The van der Waals surface area contributed by atoms with Crippen molar-refractivity contribution in [1.29, 1.82) is 0 Å². The maximum Gasteiger partial charge on any atom is 0.332 e. The molecule has 152 valence electrons. The monoisotopic (exact) mass is 415 g/mol. The number of carbonyl (C=O) groups is 1. The summed E-state index contributed by atoms with van der Waals surface area (Å²) in [6, 6.07) is 6.98. The number of hydrogen-bond donors (Lipinski definition) is 1. The minimum Gasteiger partial charge on any atom is -0.454 e. The number of benzene rings is 1. The molecule has 4 rings (SSSR count). The van der Waals surface area contributed by atoms with Crippen LogP contribution < -0.4 is 26.0 Å². The third-order valence-electron chi connectivity index (χ3n) is 4.43. The zero-order chi connectivity index (χ0) is 20.8. The Bertz CT molecular complexity index is 1220. The summed E-state index contributed by atoms with van der Waals surface area (Å²) in [4.78, 5) is 38.5. The van der Waals surface area contributed by atoms with Crippen LogP contribution in [-0.2, 0) is 17.9 Å². The molecule has 1 N–H and O–H groups in total. The number of nitrogens with one attached hydrogen (secondary N) is 1. The lowest BCUT2D eigenvalue weighted by Gasteiger charge is -2.21. The van der Waals surface area contributed by atoms with Crippen molar-refractivity contribution in [3.05, 3.63) is 56.0 Å². The van der Waals surface area contributed by atoms with E-state index in [1.807, 2.05) is 20.8 Å². The molecule has 3 aromatic rings. The molecule has 9 heteroatoms. The van der Waals surface area contributed by atoms with Crippen molar-refractivity contribution < 1.29 is 14.3 Å². The fraction of sp³-hybridized carbons (Fsp3) is 0.350. The molecule has 0 aliphatic carbocycles. The number of ether oxygens (including phenoxy) is 2. The number of hydrogen-bond acceptors (Lipinski definition) is 6. The van der Waals surface area contributed by atoms with Crippen molar-refractivity contribution >= 4 is 27.5 Å². The smallest absolute Gasteiger partial charge is 0.332 e. The van der Waals surface area contributed by atoms with Crippen molar-refractivity contribution in [2.24, 2.45) is 0 Å². The summed E-state index contributed by atoms with van der Waals surface area (Å²) in [5, 5.41) is 4.60. The topological polar surface area (TPSA) is 91.6 Å². The van der Waals surface area contributed by atoms with Gasteiger partial charge in [-0.3, -0.25) is 18.7 Å². The fourth-order valence-corrected chi connectivity index (χ4v) is 4.09. The van der Waals surface area contributed by atoms with Gasteiger partial charge in [0.05, 0.1) is 12.1 Å². The highest BCUT2D eigenvalue weighted by Gasteiger charge is 2.20. The van der Waals surface area contributed by atoms with Crippen molar-refractivity contribution in [1.82, 2.24) is 14.5 Å². The minimum absolute atomic E-state index is 0.0725. The van der Waals surface area contributed by atoms with Crippen LogP contribution in [0, 0.1) is 0 Å². The average Bonchev–Trinajstić information content (AvgIpc) is 3.29. The molecule has 0 saturated heterocycles. The Kier molecular flexibility index (Phi) is 4.70. The lowest BCUT2D eigenvalue weighted by atomic mass is 10.1. The molecular formula is C20H21N3O5S. The van der Waals surface area contributed by atoms with Gasteiger partial charge >= 0.3 is 5.69 Å². The Labute approximate surface area is 170 Å². The van der Waals surface area contributed by atoms with Crippen molar-refractivity contribution in [2.75, 3.05) is 6.79 Å². The Hall–Kier alpha value is -3.07. The van der Waals surface area contributed by atoms with Crippen molar-refractivity contribution in [2.45, 2.75) is 39.4 Å². The SMILES string of the molecule is CC(C)(C)NC(=O)Cn1c(=O)n(Cc2ccc3c(c2)OCO3)c(=O)c2sccc21. The van der Waals surface area contributed by atoms with E-state index >= 15 is 0 Å².